The van der Waals surface area contributed by atoms with Gasteiger partial charge in [-0.05, 0) is 48.9 Å². The van der Waals surface area contributed by atoms with Crippen LogP contribution in [0.4, 0.5) is 0 Å². The standard InChI is InChI=1S/C20H17Cl2N3O2/c1-2-25(19(26)10-5-13-3-6-14(21)7-4-13)12-18-23-17-11-15(22)8-9-16(17)20(27)24-18/h3-11H,2,12H2,1H3,(H,23,24,27). The van der Waals surface area contributed by atoms with E-state index in [1.807, 2.05) is 19.1 Å². The number of likely N-dealkylation sites (N-methyl/N-ethyl adjacent to an activating group) is 1. The monoisotopic (exact) mass is 401 g/mol. The van der Waals surface area contributed by atoms with Crippen LogP contribution >= 0.6 is 23.2 Å². The minimum atomic E-state index is -0.258. The number of carbonyl (C=O) groups excluding carboxylic acids is 1. The molecule has 0 saturated carbocycles. The number of nitrogens with zero attached hydrogens (tertiary/aromatic N) is 2. The highest BCUT2D eigenvalue weighted by Crippen LogP contribution is 2.15. The van der Waals surface area contributed by atoms with E-state index in [1.54, 1.807) is 41.3 Å². The number of hydrogen-bond donors (Lipinski definition) is 1. The Hall–Kier alpha value is -2.63. The zero-order valence-corrected chi connectivity index (χ0v) is 16.1. The summed E-state index contributed by atoms with van der Waals surface area (Å²) in [7, 11) is 0. The molecule has 27 heavy (non-hydrogen) atoms. The van der Waals surface area contributed by atoms with Crippen molar-refractivity contribution in [2.45, 2.75) is 13.5 Å². The third-order valence-corrected chi connectivity index (χ3v) is 4.53. The molecule has 0 spiro atoms. The molecule has 5 nitrogen and oxygen atoms in total. The van der Waals surface area contributed by atoms with Gasteiger partial charge in [0.15, 0.2) is 0 Å². The van der Waals surface area contributed by atoms with Crippen LogP contribution in [0.3, 0.4) is 0 Å². The Kier molecular flexibility index (Phi) is 5.94. The quantitative estimate of drug-likeness (QED) is 0.648. The second-order valence-corrected chi connectivity index (χ2v) is 6.78. The lowest BCUT2D eigenvalue weighted by Crippen LogP contribution is -2.30. The number of benzene rings is 2. The molecule has 0 unspecified atom stereocenters. The summed E-state index contributed by atoms with van der Waals surface area (Å²) >= 11 is 11.8. The van der Waals surface area contributed by atoms with E-state index in [0.29, 0.717) is 33.3 Å². The van der Waals surface area contributed by atoms with E-state index in [2.05, 4.69) is 9.97 Å². The summed E-state index contributed by atoms with van der Waals surface area (Å²) in [4.78, 5) is 33.4. The van der Waals surface area contributed by atoms with Crippen LogP contribution in [-0.4, -0.2) is 27.3 Å². The van der Waals surface area contributed by atoms with Crippen molar-refractivity contribution in [2.24, 2.45) is 0 Å². The van der Waals surface area contributed by atoms with Gasteiger partial charge in [0, 0.05) is 22.7 Å². The Morgan fingerprint density at radius 2 is 1.85 bits per heavy atom. The first-order chi connectivity index (χ1) is 13.0. The average Bonchev–Trinajstić information content (AvgIpc) is 2.65. The number of halogens is 2. The number of hydrogen-bond acceptors (Lipinski definition) is 3. The summed E-state index contributed by atoms with van der Waals surface area (Å²) < 4.78 is 0. The average molecular weight is 402 g/mol. The lowest BCUT2D eigenvalue weighted by Gasteiger charge is -2.18. The molecule has 3 rings (SSSR count). The molecule has 0 aliphatic rings. The Balaban J connectivity index is 1.79. The molecule has 2 aromatic carbocycles. The summed E-state index contributed by atoms with van der Waals surface area (Å²) in [5, 5.41) is 1.60. The summed E-state index contributed by atoms with van der Waals surface area (Å²) in [5.74, 6) is 0.228. The van der Waals surface area contributed by atoms with Crippen LogP contribution in [0, 0.1) is 0 Å². The van der Waals surface area contributed by atoms with Crippen LogP contribution in [0.15, 0.2) is 53.3 Å². The molecule has 7 heteroatoms. The number of nitrogens with one attached hydrogen (secondary N) is 1. The molecule has 0 aliphatic carbocycles. The van der Waals surface area contributed by atoms with E-state index in [1.165, 1.54) is 6.08 Å². The normalized spacial score (nSPS) is 11.2. The van der Waals surface area contributed by atoms with Crippen LogP contribution < -0.4 is 5.56 Å². The summed E-state index contributed by atoms with van der Waals surface area (Å²) in [5.41, 5.74) is 1.11. The minimum absolute atomic E-state index is 0.179. The Bertz CT molecular complexity index is 1060. The van der Waals surface area contributed by atoms with Crippen LogP contribution in [-0.2, 0) is 11.3 Å². The first-order valence-corrected chi connectivity index (χ1v) is 9.13. The first-order valence-electron chi connectivity index (χ1n) is 8.37. The Morgan fingerprint density at radius 3 is 2.56 bits per heavy atom. The summed E-state index contributed by atoms with van der Waals surface area (Å²) in [6.07, 6.45) is 3.21. The van der Waals surface area contributed by atoms with E-state index in [-0.39, 0.29) is 18.0 Å². The van der Waals surface area contributed by atoms with Gasteiger partial charge >= 0.3 is 0 Å². The maximum atomic E-state index is 12.5. The third-order valence-electron chi connectivity index (χ3n) is 4.04. The molecule has 1 N–H and O–H groups in total. The van der Waals surface area contributed by atoms with Crippen molar-refractivity contribution < 1.29 is 4.79 Å². The lowest BCUT2D eigenvalue weighted by molar-refractivity contribution is -0.126. The number of fused-ring (bicyclic) bond motifs is 1. The van der Waals surface area contributed by atoms with Crippen molar-refractivity contribution in [1.29, 1.82) is 0 Å². The first kappa shape index (κ1) is 19.1. The van der Waals surface area contributed by atoms with E-state index >= 15 is 0 Å². The lowest BCUT2D eigenvalue weighted by atomic mass is 10.2. The fourth-order valence-corrected chi connectivity index (χ4v) is 2.90. The number of H-pyrrole nitrogens is 1. The molecular weight excluding hydrogens is 385 g/mol. The van der Waals surface area contributed by atoms with Gasteiger partial charge in [-0.15, -0.1) is 0 Å². The molecule has 3 aromatic rings. The number of rotatable bonds is 5. The predicted molar refractivity (Wildman–Crippen MR) is 109 cm³/mol. The van der Waals surface area contributed by atoms with Gasteiger partial charge in [0.1, 0.15) is 5.82 Å². The molecule has 1 aromatic heterocycles. The molecule has 0 saturated heterocycles. The van der Waals surface area contributed by atoms with E-state index in [9.17, 15) is 9.59 Å². The largest absolute Gasteiger partial charge is 0.332 e. The summed E-state index contributed by atoms with van der Waals surface area (Å²) in [6, 6.07) is 12.1. The smallest absolute Gasteiger partial charge is 0.258 e. The summed E-state index contributed by atoms with van der Waals surface area (Å²) in [6.45, 7) is 2.53. The molecule has 0 fully saturated rings. The van der Waals surface area contributed by atoms with Crippen molar-refractivity contribution in [3.8, 4) is 0 Å². The van der Waals surface area contributed by atoms with E-state index < -0.39 is 0 Å². The SMILES string of the molecule is CCN(Cc1nc2cc(Cl)ccc2c(=O)[nH]1)C(=O)C=Cc1ccc(Cl)cc1. The van der Waals surface area contributed by atoms with Crippen LogP contribution in [0.1, 0.15) is 18.3 Å². The number of carbonyl (C=O) groups is 1. The molecule has 0 radical (unpaired) electrons. The van der Waals surface area contributed by atoms with Gasteiger partial charge < -0.3 is 9.88 Å². The van der Waals surface area contributed by atoms with Gasteiger partial charge in [-0.25, -0.2) is 4.98 Å². The Labute approximate surface area is 166 Å². The van der Waals surface area contributed by atoms with Crippen LogP contribution in [0.5, 0.6) is 0 Å². The van der Waals surface area contributed by atoms with Crippen molar-refractivity contribution in [1.82, 2.24) is 14.9 Å². The van der Waals surface area contributed by atoms with Gasteiger partial charge in [0.05, 0.1) is 17.4 Å². The Morgan fingerprint density at radius 1 is 1.15 bits per heavy atom. The van der Waals surface area contributed by atoms with Crippen LogP contribution in [0.25, 0.3) is 17.0 Å². The van der Waals surface area contributed by atoms with Crippen molar-refractivity contribution in [2.75, 3.05) is 6.54 Å². The van der Waals surface area contributed by atoms with Crippen molar-refractivity contribution in [3.63, 3.8) is 0 Å². The van der Waals surface area contributed by atoms with Gasteiger partial charge in [-0.1, -0.05) is 35.3 Å². The minimum Gasteiger partial charge on any atom is -0.332 e. The highest BCUT2D eigenvalue weighted by Gasteiger charge is 2.12. The third kappa shape index (κ3) is 4.76. The molecule has 1 amide bonds. The maximum Gasteiger partial charge on any atom is 0.258 e. The van der Waals surface area contributed by atoms with Crippen LogP contribution in [0.2, 0.25) is 10.0 Å². The molecular formula is C20H17Cl2N3O2. The van der Waals surface area contributed by atoms with Crippen molar-refractivity contribution >= 4 is 46.1 Å². The molecule has 1 heterocycles. The van der Waals surface area contributed by atoms with Crippen molar-refractivity contribution in [3.05, 3.63) is 80.3 Å². The fourth-order valence-electron chi connectivity index (χ4n) is 2.61. The second-order valence-electron chi connectivity index (χ2n) is 5.91. The molecule has 0 bridgehead atoms. The zero-order chi connectivity index (χ0) is 19.4. The number of aromatic nitrogens is 2. The van der Waals surface area contributed by atoms with Gasteiger partial charge in [-0.3, -0.25) is 9.59 Å². The topological polar surface area (TPSA) is 66.1 Å². The molecule has 138 valence electrons. The van der Waals surface area contributed by atoms with E-state index in [4.69, 9.17) is 23.2 Å². The highest BCUT2D eigenvalue weighted by atomic mass is 35.5. The van der Waals surface area contributed by atoms with Gasteiger partial charge in [-0.2, -0.15) is 0 Å². The fraction of sp³-hybridized carbons (Fsp3) is 0.150. The zero-order valence-electron chi connectivity index (χ0n) is 14.6. The molecule has 0 aliphatic heterocycles. The number of amides is 1. The van der Waals surface area contributed by atoms with Gasteiger partial charge in [0.2, 0.25) is 5.91 Å². The maximum absolute atomic E-state index is 12.5. The molecule has 0 atom stereocenters. The highest BCUT2D eigenvalue weighted by molar-refractivity contribution is 6.31. The second kappa shape index (κ2) is 8.37. The van der Waals surface area contributed by atoms with E-state index in [0.717, 1.165) is 5.56 Å². The number of aromatic amines is 1. The predicted octanol–water partition coefficient (Wildman–Crippen LogP) is 4.29. The van der Waals surface area contributed by atoms with Gasteiger partial charge in [0.25, 0.3) is 5.56 Å².